The summed E-state index contributed by atoms with van der Waals surface area (Å²) >= 11 is 2.77. The molecular formula is C48H59FN10O9S2. The first-order chi connectivity index (χ1) is 34.2. The van der Waals surface area contributed by atoms with Gasteiger partial charge in [0.05, 0.1) is 102 Å². The standard InChI is InChI=1S/C48H59FN10O9S2/c1-34-31-43(55-56-45(34)53-47-51-39-11-4-5-12-41(39)69-47)59(48-52-44(46(61)62)42(70-48)13-8-20-68-40-15-14-36(32-38(40)49)9-6-17-50-3)18-7-10-37-33-58(57-54-37)19-22-64-24-26-66-28-30-67-29-27-65-25-23-63-21-16-35(2)60/h4-5,11-12,14-15,31-33,50H,7-8,10,13,16-30H2,1-3H3,(H,61,62)(H,51,53,56). The predicted molar refractivity (Wildman–Crippen MR) is 265 cm³/mol. The molecule has 0 fully saturated rings. The molecule has 6 aromatic rings. The Labute approximate surface area is 414 Å². The lowest BCUT2D eigenvalue weighted by Crippen LogP contribution is -2.21. The van der Waals surface area contributed by atoms with Crippen molar-refractivity contribution < 1.29 is 47.5 Å². The largest absolute Gasteiger partial charge is 0.491 e. The molecule has 0 saturated heterocycles. The van der Waals surface area contributed by atoms with Crippen LogP contribution in [-0.4, -0.2) is 145 Å². The van der Waals surface area contributed by atoms with Crippen LogP contribution in [0.25, 0.3) is 10.2 Å². The van der Waals surface area contributed by atoms with E-state index in [2.05, 4.69) is 53.0 Å². The summed E-state index contributed by atoms with van der Waals surface area (Å²) in [4.78, 5) is 35.1. The van der Waals surface area contributed by atoms with Crippen LogP contribution in [0, 0.1) is 24.6 Å². The molecule has 6 rings (SSSR count). The molecule has 0 bridgehead atoms. The van der Waals surface area contributed by atoms with Crippen LogP contribution in [-0.2, 0) is 47.9 Å². The maximum atomic E-state index is 14.8. The molecule has 4 aromatic heterocycles. The molecule has 70 heavy (non-hydrogen) atoms. The number of carbonyl (C=O) groups is 2. The zero-order valence-corrected chi connectivity index (χ0v) is 41.2. The number of nitrogens with one attached hydrogen (secondary N) is 2. The molecule has 3 N–H and O–H groups in total. The molecule has 0 radical (unpaired) electrons. The van der Waals surface area contributed by atoms with Crippen molar-refractivity contribution in [2.24, 2.45) is 0 Å². The Morgan fingerprint density at radius 3 is 2.26 bits per heavy atom. The average molecular weight is 1000 g/mol. The highest BCUT2D eigenvalue weighted by Crippen LogP contribution is 2.34. The molecule has 0 saturated carbocycles. The summed E-state index contributed by atoms with van der Waals surface area (Å²) in [5, 5.41) is 35.3. The van der Waals surface area contributed by atoms with Crippen molar-refractivity contribution in [2.45, 2.75) is 52.5 Å². The lowest BCUT2D eigenvalue weighted by atomic mass is 10.2. The van der Waals surface area contributed by atoms with Gasteiger partial charge in [0.15, 0.2) is 39.2 Å². The van der Waals surface area contributed by atoms with E-state index in [4.69, 9.17) is 28.4 Å². The third-order valence-corrected chi connectivity index (χ3v) is 12.2. The number of aromatic nitrogens is 7. The number of aryl methyl sites for hydroxylation is 3. The first kappa shape index (κ1) is 53.3. The van der Waals surface area contributed by atoms with Gasteiger partial charge in [-0.3, -0.25) is 4.79 Å². The highest BCUT2D eigenvalue weighted by atomic mass is 32.1. The van der Waals surface area contributed by atoms with Crippen LogP contribution in [0.2, 0.25) is 0 Å². The fourth-order valence-electron chi connectivity index (χ4n) is 6.53. The Morgan fingerprint density at radius 1 is 0.843 bits per heavy atom. The number of thiazole rings is 2. The number of para-hydroxylation sites is 1. The van der Waals surface area contributed by atoms with Crippen LogP contribution in [0.4, 0.5) is 26.3 Å². The van der Waals surface area contributed by atoms with Gasteiger partial charge in [0.2, 0.25) is 0 Å². The van der Waals surface area contributed by atoms with Crippen molar-refractivity contribution in [1.82, 2.24) is 40.5 Å². The lowest BCUT2D eigenvalue weighted by Gasteiger charge is -2.21. The molecule has 374 valence electrons. The molecule has 4 heterocycles. The second-order valence-electron chi connectivity index (χ2n) is 15.6. The number of ketones is 1. The van der Waals surface area contributed by atoms with E-state index >= 15 is 0 Å². The first-order valence-corrected chi connectivity index (χ1v) is 24.6. The zero-order chi connectivity index (χ0) is 49.3. The summed E-state index contributed by atoms with van der Waals surface area (Å²) in [5.74, 6) is 5.36. The summed E-state index contributed by atoms with van der Waals surface area (Å²) in [7, 11) is 1.78. The molecule has 0 unspecified atom stereocenters. The summed E-state index contributed by atoms with van der Waals surface area (Å²) < 4.78 is 50.9. The minimum Gasteiger partial charge on any atom is -0.491 e. The van der Waals surface area contributed by atoms with Gasteiger partial charge in [-0.05, 0) is 88.5 Å². The highest BCUT2D eigenvalue weighted by molar-refractivity contribution is 7.22. The number of rotatable bonds is 33. The molecule has 0 aliphatic rings. The number of carbonyl (C=O) groups excluding carboxylic acids is 1. The fourth-order valence-corrected chi connectivity index (χ4v) is 8.53. The fraction of sp³-hybridized carbons (Fsp3) is 0.458. The Morgan fingerprint density at radius 2 is 1.57 bits per heavy atom. The van der Waals surface area contributed by atoms with Crippen molar-refractivity contribution in [2.75, 3.05) is 103 Å². The Balaban J connectivity index is 0.990. The molecule has 22 heteroatoms. The van der Waals surface area contributed by atoms with Gasteiger partial charge in [-0.2, -0.15) is 0 Å². The molecule has 19 nitrogen and oxygen atoms in total. The number of carboxylic acid groups (broad SMARTS) is 1. The van der Waals surface area contributed by atoms with Crippen molar-refractivity contribution >= 4 is 66.5 Å². The monoisotopic (exact) mass is 1000 g/mol. The SMILES string of the molecule is CNCC#Cc1ccc(OCCCc2sc(N(CCCc3cn(CCOCCOCCOCCOCCOCCC(C)=O)nn3)c3cc(C)c(Nc4nc5ccccc5s4)nn3)nc2C(=O)O)c(F)c1. The van der Waals surface area contributed by atoms with E-state index in [1.54, 1.807) is 23.9 Å². The van der Waals surface area contributed by atoms with Crippen LogP contribution >= 0.6 is 22.7 Å². The summed E-state index contributed by atoms with van der Waals surface area (Å²) in [6.45, 7) is 9.40. The first-order valence-electron chi connectivity index (χ1n) is 23.0. The number of aromatic carboxylic acids is 1. The van der Waals surface area contributed by atoms with E-state index in [9.17, 15) is 19.1 Å². The van der Waals surface area contributed by atoms with Crippen LogP contribution in [0.15, 0.2) is 54.7 Å². The molecule has 0 amide bonds. The van der Waals surface area contributed by atoms with E-state index in [-0.39, 0.29) is 23.8 Å². The number of hydrogen-bond donors (Lipinski definition) is 3. The van der Waals surface area contributed by atoms with Crippen LogP contribution in [0.1, 0.15) is 58.4 Å². The van der Waals surface area contributed by atoms with Gasteiger partial charge < -0.3 is 49.1 Å². The molecule has 0 spiro atoms. The minimum atomic E-state index is -1.16. The van der Waals surface area contributed by atoms with Gasteiger partial charge in [0.25, 0.3) is 0 Å². The van der Waals surface area contributed by atoms with Crippen molar-refractivity contribution in [1.29, 1.82) is 0 Å². The maximum absolute atomic E-state index is 14.8. The molecule has 0 aliphatic carbocycles. The second kappa shape index (κ2) is 29.2. The number of halogens is 1. The topological polar surface area (TPSA) is 219 Å². The number of Topliss-reactive ketones (excluding diaryl/α,β-unsaturated/α-hetero) is 1. The number of anilines is 4. The number of fused-ring (bicyclic) bond motifs is 1. The van der Waals surface area contributed by atoms with Crippen LogP contribution in [0.5, 0.6) is 5.75 Å². The number of nitrogens with zero attached hydrogens (tertiary/aromatic N) is 8. The third-order valence-electron chi connectivity index (χ3n) is 10.1. The molecule has 0 aliphatic heterocycles. The lowest BCUT2D eigenvalue weighted by molar-refractivity contribution is -0.118. The summed E-state index contributed by atoms with van der Waals surface area (Å²) in [6.07, 6.45) is 4.23. The van der Waals surface area contributed by atoms with Crippen LogP contribution in [0.3, 0.4) is 0 Å². The second-order valence-corrected chi connectivity index (χ2v) is 17.7. The number of benzene rings is 2. The summed E-state index contributed by atoms with van der Waals surface area (Å²) in [6, 6.07) is 14.3. The van der Waals surface area contributed by atoms with Gasteiger partial charge in [0, 0.05) is 29.6 Å². The van der Waals surface area contributed by atoms with Crippen molar-refractivity contribution in [3.05, 3.63) is 87.9 Å². The van der Waals surface area contributed by atoms with Crippen molar-refractivity contribution in [3.63, 3.8) is 0 Å². The average Bonchev–Trinajstić information content (AvgIpc) is 4.10. The van der Waals surface area contributed by atoms with Crippen LogP contribution < -0.4 is 20.3 Å². The van der Waals surface area contributed by atoms with E-state index in [0.717, 1.165) is 21.5 Å². The predicted octanol–water partition coefficient (Wildman–Crippen LogP) is 6.44. The van der Waals surface area contributed by atoms with Gasteiger partial charge in [-0.1, -0.05) is 40.5 Å². The highest BCUT2D eigenvalue weighted by Gasteiger charge is 2.24. The van der Waals surface area contributed by atoms with Gasteiger partial charge >= 0.3 is 5.97 Å². The van der Waals surface area contributed by atoms with Gasteiger partial charge in [-0.15, -0.1) is 26.6 Å². The van der Waals surface area contributed by atoms with E-state index < -0.39 is 11.8 Å². The van der Waals surface area contributed by atoms with E-state index in [1.165, 1.54) is 35.7 Å². The van der Waals surface area contributed by atoms with Gasteiger partial charge in [-0.25, -0.2) is 23.8 Å². The number of ether oxygens (including phenoxy) is 6. The number of hydrogen-bond acceptors (Lipinski definition) is 19. The molecular weight excluding hydrogens is 944 g/mol. The van der Waals surface area contributed by atoms with Gasteiger partial charge in [0.1, 0.15) is 5.78 Å². The molecule has 0 atom stereocenters. The Bertz CT molecular complexity index is 2600. The van der Waals surface area contributed by atoms with E-state index in [1.807, 2.05) is 48.4 Å². The quantitative estimate of drug-likeness (QED) is 0.0298. The van der Waals surface area contributed by atoms with E-state index in [0.29, 0.717) is 150 Å². The third kappa shape index (κ3) is 17.7. The maximum Gasteiger partial charge on any atom is 0.355 e. The minimum absolute atomic E-state index is 0.0652. The number of carboxylic acids is 1. The molecule has 2 aromatic carbocycles. The Hall–Kier alpha value is -6.03. The van der Waals surface area contributed by atoms with Crippen molar-refractivity contribution in [3.8, 4) is 17.6 Å². The zero-order valence-electron chi connectivity index (χ0n) is 39.6. The normalized spacial score (nSPS) is 11.2. The summed E-state index contributed by atoms with van der Waals surface area (Å²) in [5.41, 5.74) is 2.94. The Kier molecular flexibility index (Phi) is 22.3. The smallest absolute Gasteiger partial charge is 0.355 e.